The Bertz CT molecular complexity index is 336. The first-order chi connectivity index (χ1) is 8.63. The van der Waals surface area contributed by atoms with E-state index in [9.17, 15) is 0 Å². The Morgan fingerprint density at radius 2 is 1.94 bits per heavy atom. The Kier molecular flexibility index (Phi) is 6.76. The van der Waals surface area contributed by atoms with E-state index in [1.165, 1.54) is 11.3 Å². The van der Waals surface area contributed by atoms with Crippen LogP contribution in [0.5, 0.6) is 0 Å². The van der Waals surface area contributed by atoms with Gasteiger partial charge in [0.1, 0.15) is 0 Å². The molecule has 3 nitrogen and oxygen atoms in total. The molecule has 0 atom stereocenters. The van der Waals surface area contributed by atoms with Gasteiger partial charge in [0.15, 0.2) is 0 Å². The molecule has 18 heavy (non-hydrogen) atoms. The van der Waals surface area contributed by atoms with Crippen LogP contribution in [0.4, 0.5) is 5.69 Å². The quantitative estimate of drug-likeness (QED) is 0.693. The predicted octanol–water partition coefficient (Wildman–Crippen LogP) is 2.41. The Labute approximate surface area is 112 Å². The van der Waals surface area contributed by atoms with Gasteiger partial charge in [0, 0.05) is 32.4 Å². The van der Waals surface area contributed by atoms with Gasteiger partial charge in [-0.15, -0.1) is 0 Å². The van der Waals surface area contributed by atoms with E-state index in [1.54, 1.807) is 0 Å². The fraction of sp³-hybridized carbons (Fsp3) is 0.600. The molecule has 0 amide bonds. The molecule has 0 heterocycles. The molecule has 0 radical (unpaired) electrons. The Morgan fingerprint density at radius 1 is 1.22 bits per heavy atom. The van der Waals surface area contributed by atoms with Gasteiger partial charge in [0.25, 0.3) is 0 Å². The Morgan fingerprint density at radius 3 is 2.61 bits per heavy atom. The van der Waals surface area contributed by atoms with Gasteiger partial charge >= 0.3 is 0 Å². The van der Waals surface area contributed by atoms with Crippen LogP contribution in [0, 0.1) is 5.92 Å². The zero-order chi connectivity index (χ0) is 13.4. The van der Waals surface area contributed by atoms with E-state index in [0.717, 1.165) is 32.1 Å². The smallest absolute Gasteiger partial charge is 0.0383 e. The minimum Gasteiger partial charge on any atom is -0.388 e. The van der Waals surface area contributed by atoms with Crippen molar-refractivity contribution in [3.8, 4) is 0 Å². The summed E-state index contributed by atoms with van der Waals surface area (Å²) in [5, 5.41) is 6.71. The zero-order valence-electron chi connectivity index (χ0n) is 12.2. The van der Waals surface area contributed by atoms with Crippen molar-refractivity contribution in [1.82, 2.24) is 10.2 Å². The molecular formula is C15H27N3. The monoisotopic (exact) mass is 249 g/mol. The number of nitrogens with one attached hydrogen (secondary N) is 2. The van der Waals surface area contributed by atoms with Crippen LogP contribution in [0.25, 0.3) is 0 Å². The lowest BCUT2D eigenvalue weighted by Gasteiger charge is -2.19. The van der Waals surface area contributed by atoms with Gasteiger partial charge < -0.3 is 15.5 Å². The van der Waals surface area contributed by atoms with Crippen LogP contribution in [-0.2, 0) is 6.54 Å². The summed E-state index contributed by atoms with van der Waals surface area (Å²) >= 11 is 0. The summed E-state index contributed by atoms with van der Waals surface area (Å²) in [6.07, 6.45) is 0. The molecule has 0 aliphatic rings. The van der Waals surface area contributed by atoms with Crippen molar-refractivity contribution in [3.63, 3.8) is 0 Å². The summed E-state index contributed by atoms with van der Waals surface area (Å²) in [5.41, 5.74) is 2.57. The third kappa shape index (κ3) is 5.52. The molecule has 3 heteroatoms. The minimum atomic E-state index is 0.723. The molecule has 0 aromatic heterocycles. The van der Waals surface area contributed by atoms with E-state index >= 15 is 0 Å². The molecule has 2 N–H and O–H groups in total. The van der Waals surface area contributed by atoms with Crippen molar-refractivity contribution in [3.05, 3.63) is 29.8 Å². The van der Waals surface area contributed by atoms with Crippen molar-refractivity contribution in [2.45, 2.75) is 20.4 Å². The van der Waals surface area contributed by atoms with Crippen LogP contribution < -0.4 is 10.6 Å². The fourth-order valence-electron chi connectivity index (χ4n) is 1.93. The zero-order valence-corrected chi connectivity index (χ0v) is 12.2. The van der Waals surface area contributed by atoms with Crippen LogP contribution in [-0.4, -0.2) is 38.6 Å². The highest BCUT2D eigenvalue weighted by molar-refractivity contribution is 5.50. The van der Waals surface area contributed by atoms with E-state index in [1.807, 2.05) is 7.05 Å². The molecule has 102 valence electrons. The number of para-hydroxylation sites is 1. The van der Waals surface area contributed by atoms with Crippen molar-refractivity contribution in [2.75, 3.05) is 39.0 Å². The van der Waals surface area contributed by atoms with Gasteiger partial charge in [-0.3, -0.25) is 0 Å². The van der Waals surface area contributed by atoms with Crippen LogP contribution in [0.1, 0.15) is 19.4 Å². The highest BCUT2D eigenvalue weighted by atomic mass is 15.1. The number of hydrogen-bond acceptors (Lipinski definition) is 3. The molecule has 0 fully saturated rings. The van der Waals surface area contributed by atoms with Crippen LogP contribution in [0.15, 0.2) is 24.3 Å². The maximum atomic E-state index is 3.47. The molecule has 0 spiro atoms. The van der Waals surface area contributed by atoms with Gasteiger partial charge in [0.2, 0.25) is 0 Å². The first-order valence-corrected chi connectivity index (χ1v) is 6.78. The number of benzene rings is 1. The van der Waals surface area contributed by atoms with E-state index < -0.39 is 0 Å². The van der Waals surface area contributed by atoms with Gasteiger partial charge in [-0.1, -0.05) is 32.0 Å². The summed E-state index contributed by atoms with van der Waals surface area (Å²) in [5.74, 6) is 0.723. The van der Waals surface area contributed by atoms with E-state index in [-0.39, 0.29) is 0 Å². The summed E-state index contributed by atoms with van der Waals surface area (Å²) in [4.78, 5) is 2.35. The van der Waals surface area contributed by atoms with E-state index in [4.69, 9.17) is 0 Å². The third-order valence-electron chi connectivity index (χ3n) is 2.95. The van der Waals surface area contributed by atoms with Gasteiger partial charge in [0.05, 0.1) is 0 Å². The number of likely N-dealkylation sites (N-methyl/N-ethyl adjacent to an activating group) is 1. The van der Waals surface area contributed by atoms with E-state index in [0.29, 0.717) is 0 Å². The highest BCUT2D eigenvalue weighted by Crippen LogP contribution is 2.15. The minimum absolute atomic E-state index is 0.723. The first kappa shape index (κ1) is 15.0. The van der Waals surface area contributed by atoms with Gasteiger partial charge in [-0.25, -0.2) is 0 Å². The molecular weight excluding hydrogens is 222 g/mol. The second kappa shape index (κ2) is 8.11. The summed E-state index contributed by atoms with van der Waals surface area (Å²) < 4.78 is 0. The molecule has 1 aromatic carbocycles. The van der Waals surface area contributed by atoms with Crippen molar-refractivity contribution in [2.24, 2.45) is 5.92 Å². The normalized spacial score (nSPS) is 11.2. The average molecular weight is 249 g/mol. The average Bonchev–Trinajstić information content (AvgIpc) is 2.35. The van der Waals surface area contributed by atoms with Gasteiger partial charge in [-0.05, 0) is 31.1 Å². The maximum Gasteiger partial charge on any atom is 0.0383 e. The van der Waals surface area contributed by atoms with Crippen molar-refractivity contribution in [1.29, 1.82) is 0 Å². The van der Waals surface area contributed by atoms with Crippen molar-refractivity contribution < 1.29 is 0 Å². The fourth-order valence-corrected chi connectivity index (χ4v) is 1.93. The molecule has 0 aliphatic heterocycles. The largest absolute Gasteiger partial charge is 0.388 e. The van der Waals surface area contributed by atoms with E-state index in [2.05, 4.69) is 60.7 Å². The molecule has 0 unspecified atom stereocenters. The first-order valence-electron chi connectivity index (χ1n) is 6.78. The molecule has 1 rings (SSSR count). The lowest BCUT2D eigenvalue weighted by Crippen LogP contribution is -2.31. The van der Waals surface area contributed by atoms with Crippen LogP contribution in [0.3, 0.4) is 0 Å². The number of anilines is 1. The second-order valence-corrected chi connectivity index (χ2v) is 5.24. The van der Waals surface area contributed by atoms with Crippen LogP contribution in [0.2, 0.25) is 0 Å². The molecule has 0 bridgehead atoms. The maximum absolute atomic E-state index is 3.47. The molecule has 1 aromatic rings. The molecule has 0 saturated carbocycles. The highest BCUT2D eigenvalue weighted by Gasteiger charge is 2.04. The molecule has 0 saturated heterocycles. The summed E-state index contributed by atoms with van der Waals surface area (Å²) in [7, 11) is 4.15. The molecule has 0 aliphatic carbocycles. The number of rotatable bonds is 8. The standard InChI is InChI=1S/C15H27N3/c1-13(2)11-17-9-10-18(4)12-14-7-5-6-8-15(14)16-3/h5-8,13,16-17H,9-12H2,1-4H3. The third-order valence-corrected chi connectivity index (χ3v) is 2.95. The lowest BCUT2D eigenvalue weighted by atomic mass is 10.1. The SMILES string of the molecule is CNc1ccccc1CN(C)CCNCC(C)C. The van der Waals surface area contributed by atoms with Crippen LogP contribution >= 0.6 is 0 Å². The predicted molar refractivity (Wildman–Crippen MR) is 80.0 cm³/mol. The topological polar surface area (TPSA) is 27.3 Å². The van der Waals surface area contributed by atoms with Gasteiger partial charge in [-0.2, -0.15) is 0 Å². The van der Waals surface area contributed by atoms with Crippen molar-refractivity contribution >= 4 is 5.69 Å². The summed E-state index contributed by atoms with van der Waals surface area (Å²) in [6, 6.07) is 8.48. The number of nitrogens with zero attached hydrogens (tertiary/aromatic N) is 1. The lowest BCUT2D eigenvalue weighted by molar-refractivity contribution is 0.322. The number of hydrogen-bond donors (Lipinski definition) is 2. The second-order valence-electron chi connectivity index (χ2n) is 5.24. The Balaban J connectivity index is 2.33. The Hall–Kier alpha value is -1.06. The summed E-state index contributed by atoms with van der Waals surface area (Å²) in [6.45, 7) is 8.68.